The minimum absolute atomic E-state index is 0.0497. The Morgan fingerprint density at radius 2 is 2.33 bits per heavy atom. The van der Waals surface area contributed by atoms with Gasteiger partial charge in [-0.2, -0.15) is 0 Å². The van der Waals surface area contributed by atoms with Crippen molar-refractivity contribution in [3.8, 4) is 0 Å². The molecule has 2 aromatic heterocycles. The Morgan fingerprint density at radius 1 is 1.53 bits per heavy atom. The normalized spacial score (nSPS) is 10.8. The molecule has 0 fully saturated rings. The van der Waals surface area contributed by atoms with E-state index in [0.717, 1.165) is 11.3 Å². The molecule has 0 saturated carbocycles. The van der Waals surface area contributed by atoms with Crippen LogP contribution in [-0.2, 0) is 0 Å². The Balaban J connectivity index is 2.58. The number of hydrogen-bond donors (Lipinski definition) is 1. The molecule has 4 nitrogen and oxygen atoms in total. The number of aryl methyl sites for hydroxylation is 1. The summed E-state index contributed by atoms with van der Waals surface area (Å²) in [6.45, 7) is 2.22. The lowest BCUT2D eigenvalue weighted by Gasteiger charge is -2.00. The number of ketones is 1. The highest BCUT2D eigenvalue weighted by Crippen LogP contribution is 2.13. The largest absolute Gasteiger partial charge is 0.330 e. The molecule has 0 amide bonds. The minimum atomic E-state index is 0.0497. The first-order valence-electron chi connectivity index (χ1n) is 4.91. The van der Waals surface area contributed by atoms with Crippen LogP contribution in [0, 0.1) is 6.92 Å². The highest BCUT2D eigenvalue weighted by molar-refractivity contribution is 5.96. The standard InChI is InChI=1S/C11H13N3O/c1-8-11(9(15)5-6-12)14-7-3-2-4-10(14)13-8/h2-4,7H,5-6,12H2,1H3. The van der Waals surface area contributed by atoms with Gasteiger partial charge in [-0.05, 0) is 25.6 Å². The van der Waals surface area contributed by atoms with Gasteiger partial charge in [0.05, 0.1) is 5.69 Å². The maximum Gasteiger partial charge on any atom is 0.182 e. The molecule has 2 heterocycles. The summed E-state index contributed by atoms with van der Waals surface area (Å²) in [4.78, 5) is 16.1. The summed E-state index contributed by atoms with van der Waals surface area (Å²) in [7, 11) is 0. The Bertz CT molecular complexity index is 502. The summed E-state index contributed by atoms with van der Waals surface area (Å²) in [6, 6.07) is 5.67. The van der Waals surface area contributed by atoms with Crippen LogP contribution >= 0.6 is 0 Å². The van der Waals surface area contributed by atoms with Gasteiger partial charge in [-0.3, -0.25) is 9.20 Å². The maximum atomic E-state index is 11.8. The van der Waals surface area contributed by atoms with Crippen molar-refractivity contribution in [2.75, 3.05) is 6.54 Å². The molecule has 0 radical (unpaired) electrons. The monoisotopic (exact) mass is 203 g/mol. The second kappa shape index (κ2) is 3.82. The Hall–Kier alpha value is -1.68. The van der Waals surface area contributed by atoms with Gasteiger partial charge in [0.1, 0.15) is 11.3 Å². The third kappa shape index (κ3) is 1.64. The molecule has 0 bridgehead atoms. The first kappa shape index (κ1) is 9.86. The average Bonchev–Trinajstić information content (AvgIpc) is 2.54. The fraction of sp³-hybridized carbons (Fsp3) is 0.273. The molecule has 0 aliphatic carbocycles. The number of fused-ring (bicyclic) bond motifs is 1. The summed E-state index contributed by atoms with van der Waals surface area (Å²) in [5.41, 5.74) is 7.59. The van der Waals surface area contributed by atoms with Crippen LogP contribution in [0.4, 0.5) is 0 Å². The molecule has 2 rings (SSSR count). The van der Waals surface area contributed by atoms with E-state index in [4.69, 9.17) is 5.73 Å². The number of nitrogens with two attached hydrogens (primary N) is 1. The molecule has 0 unspecified atom stereocenters. The Kier molecular flexibility index (Phi) is 2.51. The number of rotatable bonds is 3. The van der Waals surface area contributed by atoms with Gasteiger partial charge in [0.25, 0.3) is 0 Å². The number of pyridine rings is 1. The number of Topliss-reactive ketones (excluding diaryl/α,β-unsaturated/α-hetero) is 1. The molecule has 0 aromatic carbocycles. The van der Waals surface area contributed by atoms with E-state index in [1.807, 2.05) is 35.7 Å². The van der Waals surface area contributed by atoms with Gasteiger partial charge < -0.3 is 5.73 Å². The summed E-state index contributed by atoms with van der Waals surface area (Å²) in [6.07, 6.45) is 2.21. The lowest BCUT2D eigenvalue weighted by Crippen LogP contribution is -2.11. The summed E-state index contributed by atoms with van der Waals surface area (Å²) in [5, 5.41) is 0. The zero-order chi connectivity index (χ0) is 10.8. The van der Waals surface area contributed by atoms with E-state index in [1.165, 1.54) is 0 Å². The predicted octanol–water partition coefficient (Wildman–Crippen LogP) is 1.17. The molecular formula is C11H13N3O. The van der Waals surface area contributed by atoms with Crippen LogP contribution in [0.5, 0.6) is 0 Å². The van der Waals surface area contributed by atoms with Crippen molar-refractivity contribution in [3.63, 3.8) is 0 Å². The minimum Gasteiger partial charge on any atom is -0.330 e. The number of hydrogen-bond acceptors (Lipinski definition) is 3. The maximum absolute atomic E-state index is 11.8. The highest BCUT2D eigenvalue weighted by Gasteiger charge is 2.14. The lowest BCUT2D eigenvalue weighted by molar-refractivity contribution is 0.0979. The van der Waals surface area contributed by atoms with Crippen LogP contribution in [-0.4, -0.2) is 21.7 Å². The van der Waals surface area contributed by atoms with E-state index < -0.39 is 0 Å². The highest BCUT2D eigenvalue weighted by atomic mass is 16.1. The molecule has 0 atom stereocenters. The predicted molar refractivity (Wildman–Crippen MR) is 57.9 cm³/mol. The molecule has 4 heteroatoms. The van der Waals surface area contributed by atoms with Crippen molar-refractivity contribution >= 4 is 11.4 Å². The lowest BCUT2D eigenvalue weighted by atomic mass is 10.2. The summed E-state index contributed by atoms with van der Waals surface area (Å²) in [5.74, 6) is 0.0497. The molecule has 0 spiro atoms. The van der Waals surface area contributed by atoms with E-state index >= 15 is 0 Å². The first-order chi connectivity index (χ1) is 7.24. The molecule has 2 aromatic rings. The quantitative estimate of drug-likeness (QED) is 0.762. The van der Waals surface area contributed by atoms with Gasteiger partial charge >= 0.3 is 0 Å². The molecule has 0 aliphatic heterocycles. The van der Waals surface area contributed by atoms with Crippen molar-refractivity contribution in [1.29, 1.82) is 0 Å². The zero-order valence-corrected chi connectivity index (χ0v) is 8.60. The van der Waals surface area contributed by atoms with Crippen LogP contribution < -0.4 is 5.73 Å². The zero-order valence-electron chi connectivity index (χ0n) is 8.60. The van der Waals surface area contributed by atoms with E-state index in [-0.39, 0.29) is 5.78 Å². The van der Waals surface area contributed by atoms with Gasteiger partial charge in [-0.25, -0.2) is 4.98 Å². The van der Waals surface area contributed by atoms with Crippen molar-refractivity contribution in [2.45, 2.75) is 13.3 Å². The van der Waals surface area contributed by atoms with Crippen LogP contribution in [0.1, 0.15) is 22.6 Å². The molecule has 0 saturated heterocycles. The van der Waals surface area contributed by atoms with Crippen LogP contribution in [0.15, 0.2) is 24.4 Å². The Labute approximate surface area is 87.7 Å². The number of nitrogens with zero attached hydrogens (tertiary/aromatic N) is 2. The van der Waals surface area contributed by atoms with Gasteiger partial charge in [0, 0.05) is 12.6 Å². The van der Waals surface area contributed by atoms with Crippen LogP contribution in [0.2, 0.25) is 0 Å². The van der Waals surface area contributed by atoms with Gasteiger partial charge in [-0.1, -0.05) is 6.07 Å². The average molecular weight is 203 g/mol. The van der Waals surface area contributed by atoms with Crippen LogP contribution in [0.25, 0.3) is 5.65 Å². The van der Waals surface area contributed by atoms with E-state index in [2.05, 4.69) is 4.98 Å². The van der Waals surface area contributed by atoms with Crippen molar-refractivity contribution < 1.29 is 4.79 Å². The SMILES string of the molecule is Cc1nc2ccccn2c1C(=O)CCN. The van der Waals surface area contributed by atoms with Gasteiger partial charge in [0.2, 0.25) is 0 Å². The van der Waals surface area contributed by atoms with E-state index in [9.17, 15) is 4.79 Å². The molecule has 15 heavy (non-hydrogen) atoms. The fourth-order valence-corrected chi connectivity index (χ4v) is 1.70. The third-order valence-electron chi connectivity index (χ3n) is 2.34. The second-order valence-corrected chi connectivity index (χ2v) is 3.44. The fourth-order valence-electron chi connectivity index (χ4n) is 1.70. The van der Waals surface area contributed by atoms with Crippen LogP contribution in [0.3, 0.4) is 0 Å². The number of imidazole rings is 1. The molecule has 78 valence electrons. The van der Waals surface area contributed by atoms with Crippen molar-refractivity contribution in [3.05, 3.63) is 35.8 Å². The van der Waals surface area contributed by atoms with Gasteiger partial charge in [-0.15, -0.1) is 0 Å². The second-order valence-electron chi connectivity index (χ2n) is 3.44. The smallest absolute Gasteiger partial charge is 0.182 e. The number of carbonyl (C=O) groups is 1. The van der Waals surface area contributed by atoms with Crippen molar-refractivity contribution in [1.82, 2.24) is 9.38 Å². The molecule has 0 aliphatic rings. The topological polar surface area (TPSA) is 60.4 Å². The van der Waals surface area contributed by atoms with Crippen molar-refractivity contribution in [2.24, 2.45) is 5.73 Å². The third-order valence-corrected chi connectivity index (χ3v) is 2.34. The number of aromatic nitrogens is 2. The first-order valence-corrected chi connectivity index (χ1v) is 4.91. The molecular weight excluding hydrogens is 190 g/mol. The van der Waals surface area contributed by atoms with E-state index in [0.29, 0.717) is 18.7 Å². The summed E-state index contributed by atoms with van der Waals surface area (Å²) >= 11 is 0. The Morgan fingerprint density at radius 3 is 3.07 bits per heavy atom. The summed E-state index contributed by atoms with van der Waals surface area (Å²) < 4.78 is 1.81. The number of carbonyl (C=O) groups excluding carboxylic acids is 1. The van der Waals surface area contributed by atoms with Gasteiger partial charge in [0.15, 0.2) is 5.78 Å². The molecule has 2 N–H and O–H groups in total. The van der Waals surface area contributed by atoms with E-state index in [1.54, 1.807) is 0 Å².